The van der Waals surface area contributed by atoms with Gasteiger partial charge in [-0.1, -0.05) is 32.4 Å². The predicted octanol–water partition coefficient (Wildman–Crippen LogP) is 3.80. The molecular formula is C25H38O6. The molecule has 0 bridgehead atoms. The zero-order valence-electron chi connectivity index (χ0n) is 19.6. The van der Waals surface area contributed by atoms with E-state index in [9.17, 15) is 14.7 Å². The average Bonchev–Trinajstić information content (AvgIpc) is 3.24. The van der Waals surface area contributed by atoms with E-state index >= 15 is 0 Å². The Morgan fingerprint density at radius 2 is 2.03 bits per heavy atom. The molecule has 1 aliphatic carbocycles. The van der Waals surface area contributed by atoms with E-state index < -0.39 is 6.10 Å². The molecule has 1 N–H and O–H groups in total. The summed E-state index contributed by atoms with van der Waals surface area (Å²) in [5.41, 5.74) is -0.358. The largest absolute Gasteiger partial charge is 0.469 e. The maximum atomic E-state index is 11.6. The number of methoxy groups -OCH3 is 1. The van der Waals surface area contributed by atoms with E-state index in [4.69, 9.17) is 9.47 Å². The van der Waals surface area contributed by atoms with Gasteiger partial charge in [-0.2, -0.15) is 0 Å². The Hall–Kier alpha value is -1.84. The SMILES string of the molecule is CC#CCC(C)(C)[C@H](O)/C=C/[C@H]1C(OC(C)=O)C[C@@H]2O[C@@H](CCCCC(=O)OC)C[C@@H]21. The third kappa shape index (κ3) is 7.36. The van der Waals surface area contributed by atoms with Crippen LogP contribution in [0.25, 0.3) is 0 Å². The van der Waals surface area contributed by atoms with Crippen molar-refractivity contribution in [1.29, 1.82) is 0 Å². The quantitative estimate of drug-likeness (QED) is 0.244. The smallest absolute Gasteiger partial charge is 0.305 e. The maximum absolute atomic E-state index is 11.6. The van der Waals surface area contributed by atoms with Crippen LogP contribution in [0.15, 0.2) is 12.2 Å². The van der Waals surface area contributed by atoms with Crippen LogP contribution in [0, 0.1) is 29.1 Å². The predicted molar refractivity (Wildman–Crippen MR) is 118 cm³/mol. The van der Waals surface area contributed by atoms with Crippen molar-refractivity contribution < 1.29 is 28.9 Å². The number of unbranched alkanes of at least 4 members (excludes halogenated alkanes) is 1. The number of fused-ring (bicyclic) bond motifs is 1. The molecule has 31 heavy (non-hydrogen) atoms. The number of hydrogen-bond donors (Lipinski definition) is 1. The van der Waals surface area contributed by atoms with Crippen LogP contribution in [0.3, 0.4) is 0 Å². The van der Waals surface area contributed by atoms with Gasteiger partial charge in [-0.3, -0.25) is 9.59 Å². The molecule has 6 heteroatoms. The first-order valence-electron chi connectivity index (χ1n) is 11.3. The Bertz CT molecular complexity index is 701. The molecule has 0 aromatic carbocycles. The highest BCUT2D eigenvalue weighted by molar-refractivity contribution is 5.69. The summed E-state index contributed by atoms with van der Waals surface area (Å²) in [7, 11) is 1.41. The lowest BCUT2D eigenvalue weighted by Gasteiger charge is -2.27. The molecule has 1 saturated heterocycles. The molecule has 0 aromatic rings. The molecule has 1 saturated carbocycles. The Morgan fingerprint density at radius 1 is 1.29 bits per heavy atom. The van der Waals surface area contributed by atoms with Crippen molar-refractivity contribution in [3.63, 3.8) is 0 Å². The standard InChI is InChI=1S/C25H38O6/c1-6-7-14-25(3,4)23(27)13-12-19-20-15-18(10-8-9-11-24(28)29-5)31-22(20)16-21(19)30-17(2)26/h12-13,18-23,27H,8-11,14-16H2,1-5H3/b13-12+/t18-,19+,20+,21?,22-,23+/m0/s1. The fourth-order valence-corrected chi connectivity index (χ4v) is 4.61. The molecule has 0 amide bonds. The van der Waals surface area contributed by atoms with Crippen molar-refractivity contribution in [2.75, 3.05) is 7.11 Å². The van der Waals surface area contributed by atoms with E-state index in [2.05, 4.69) is 16.6 Å². The van der Waals surface area contributed by atoms with Gasteiger partial charge in [0.2, 0.25) is 0 Å². The van der Waals surface area contributed by atoms with Gasteiger partial charge >= 0.3 is 11.9 Å². The molecule has 2 rings (SSSR count). The third-order valence-corrected chi connectivity index (χ3v) is 6.51. The highest BCUT2D eigenvalue weighted by Crippen LogP contribution is 2.46. The van der Waals surface area contributed by atoms with E-state index in [1.807, 2.05) is 26.0 Å². The molecule has 1 aliphatic heterocycles. The monoisotopic (exact) mass is 434 g/mol. The van der Waals surface area contributed by atoms with Gasteiger partial charge in [0.1, 0.15) is 6.10 Å². The normalized spacial score (nSPS) is 28.6. The second kappa shape index (κ2) is 11.7. The Kier molecular flexibility index (Phi) is 9.58. The van der Waals surface area contributed by atoms with E-state index in [0.717, 1.165) is 25.7 Å². The number of hydrogen-bond acceptors (Lipinski definition) is 6. The van der Waals surface area contributed by atoms with Gasteiger partial charge in [-0.15, -0.1) is 11.8 Å². The molecular weight excluding hydrogens is 396 g/mol. The van der Waals surface area contributed by atoms with Gasteiger partial charge in [0, 0.05) is 37.5 Å². The summed E-state index contributed by atoms with van der Waals surface area (Å²) in [6.45, 7) is 7.22. The summed E-state index contributed by atoms with van der Waals surface area (Å²) in [4.78, 5) is 22.9. The van der Waals surface area contributed by atoms with Crippen molar-refractivity contribution in [3.8, 4) is 11.8 Å². The van der Waals surface area contributed by atoms with Gasteiger partial charge in [0.05, 0.1) is 25.4 Å². The van der Waals surface area contributed by atoms with Crippen LogP contribution in [0.4, 0.5) is 0 Å². The molecule has 6 atom stereocenters. The lowest BCUT2D eigenvalue weighted by Crippen LogP contribution is -2.28. The minimum atomic E-state index is -0.637. The van der Waals surface area contributed by atoms with Crippen LogP contribution in [-0.2, 0) is 23.8 Å². The molecule has 6 nitrogen and oxygen atoms in total. The van der Waals surface area contributed by atoms with Crippen LogP contribution in [-0.4, -0.2) is 48.6 Å². The summed E-state index contributed by atoms with van der Waals surface area (Å²) in [5.74, 6) is 5.75. The maximum Gasteiger partial charge on any atom is 0.305 e. The lowest BCUT2D eigenvalue weighted by molar-refractivity contribution is -0.148. The highest BCUT2D eigenvalue weighted by Gasteiger charge is 2.49. The molecule has 0 radical (unpaired) electrons. The number of aliphatic hydroxyl groups excluding tert-OH is 1. The summed E-state index contributed by atoms with van der Waals surface area (Å²) < 4.78 is 16.5. The molecule has 1 heterocycles. The van der Waals surface area contributed by atoms with E-state index in [-0.39, 0.29) is 47.5 Å². The van der Waals surface area contributed by atoms with Crippen molar-refractivity contribution in [2.45, 2.75) is 97.1 Å². The molecule has 174 valence electrons. The summed E-state index contributed by atoms with van der Waals surface area (Å²) >= 11 is 0. The van der Waals surface area contributed by atoms with E-state index in [1.54, 1.807) is 6.92 Å². The minimum Gasteiger partial charge on any atom is -0.469 e. The lowest BCUT2D eigenvalue weighted by atomic mass is 9.82. The summed E-state index contributed by atoms with van der Waals surface area (Å²) in [6, 6.07) is 0. The molecule has 2 fully saturated rings. The van der Waals surface area contributed by atoms with Crippen LogP contribution in [0.1, 0.15) is 72.6 Å². The fraction of sp³-hybridized carbons (Fsp3) is 0.760. The first-order valence-corrected chi connectivity index (χ1v) is 11.3. The second-order valence-corrected chi connectivity index (χ2v) is 9.40. The van der Waals surface area contributed by atoms with Crippen molar-refractivity contribution in [1.82, 2.24) is 0 Å². The van der Waals surface area contributed by atoms with Crippen molar-refractivity contribution in [3.05, 3.63) is 12.2 Å². The number of ether oxygens (including phenoxy) is 3. The number of carbonyl (C=O) groups excluding carboxylic acids is 2. The fourth-order valence-electron chi connectivity index (χ4n) is 4.61. The number of aliphatic hydroxyl groups is 1. The zero-order chi connectivity index (χ0) is 23.0. The molecule has 1 unspecified atom stereocenters. The van der Waals surface area contributed by atoms with Gasteiger partial charge < -0.3 is 19.3 Å². The summed E-state index contributed by atoms with van der Waals surface area (Å²) in [5, 5.41) is 10.7. The number of carbonyl (C=O) groups is 2. The molecule has 2 aliphatic rings. The number of esters is 2. The van der Waals surface area contributed by atoms with Gasteiger partial charge in [0.25, 0.3) is 0 Å². The molecule has 0 spiro atoms. The topological polar surface area (TPSA) is 82.1 Å². The first-order chi connectivity index (χ1) is 14.7. The second-order valence-electron chi connectivity index (χ2n) is 9.40. The van der Waals surface area contributed by atoms with E-state index in [0.29, 0.717) is 19.3 Å². The van der Waals surface area contributed by atoms with Crippen LogP contribution < -0.4 is 0 Å². The van der Waals surface area contributed by atoms with Crippen LogP contribution in [0.5, 0.6) is 0 Å². The Balaban J connectivity index is 1.98. The minimum absolute atomic E-state index is 0.0247. The Labute approximate surface area is 186 Å². The third-order valence-electron chi connectivity index (χ3n) is 6.51. The summed E-state index contributed by atoms with van der Waals surface area (Å²) in [6.07, 6.45) is 8.45. The van der Waals surface area contributed by atoms with Gasteiger partial charge in [-0.05, 0) is 32.1 Å². The van der Waals surface area contributed by atoms with Crippen molar-refractivity contribution in [2.24, 2.45) is 17.3 Å². The first kappa shape index (κ1) is 25.4. The van der Waals surface area contributed by atoms with Crippen LogP contribution in [0.2, 0.25) is 0 Å². The zero-order valence-corrected chi connectivity index (χ0v) is 19.6. The Morgan fingerprint density at radius 3 is 2.68 bits per heavy atom. The van der Waals surface area contributed by atoms with E-state index in [1.165, 1.54) is 14.0 Å². The highest BCUT2D eigenvalue weighted by atomic mass is 16.6. The van der Waals surface area contributed by atoms with Gasteiger partial charge in [0.15, 0.2) is 0 Å². The van der Waals surface area contributed by atoms with Gasteiger partial charge in [-0.25, -0.2) is 0 Å². The van der Waals surface area contributed by atoms with Crippen molar-refractivity contribution >= 4 is 11.9 Å². The van der Waals surface area contributed by atoms with Crippen LogP contribution >= 0.6 is 0 Å². The molecule has 0 aromatic heterocycles. The average molecular weight is 435 g/mol. The number of rotatable bonds is 10.